The number of nitrogens with zero attached hydrogens (tertiary/aromatic N) is 2. The molecule has 0 amide bonds. The van der Waals surface area contributed by atoms with Crippen molar-refractivity contribution in [2.75, 3.05) is 30.4 Å². The summed E-state index contributed by atoms with van der Waals surface area (Å²) in [6.07, 6.45) is 2.57. The zero-order valence-corrected chi connectivity index (χ0v) is 13.9. The minimum absolute atomic E-state index is 0.913. The first-order chi connectivity index (χ1) is 10.7. The third-order valence-electron chi connectivity index (χ3n) is 3.76. The largest absolute Gasteiger partial charge is 0.371 e. The highest BCUT2D eigenvalue weighted by atomic mass is 32.2. The van der Waals surface area contributed by atoms with Crippen LogP contribution in [0.1, 0.15) is 18.5 Å². The SMILES string of the molecule is CNSc1ccc(Nc2cc(N3CCCC3)cc(C)n2)cc1. The number of benzene rings is 1. The predicted octanol–water partition coefficient (Wildman–Crippen LogP) is 3.96. The van der Waals surface area contributed by atoms with Crippen LogP contribution in [0.4, 0.5) is 17.2 Å². The van der Waals surface area contributed by atoms with Gasteiger partial charge in [0.05, 0.1) is 0 Å². The van der Waals surface area contributed by atoms with E-state index in [0.717, 1.165) is 30.3 Å². The quantitative estimate of drug-likeness (QED) is 0.818. The molecule has 0 atom stereocenters. The van der Waals surface area contributed by atoms with E-state index >= 15 is 0 Å². The molecule has 1 aromatic carbocycles. The number of rotatable bonds is 5. The van der Waals surface area contributed by atoms with E-state index in [9.17, 15) is 0 Å². The van der Waals surface area contributed by atoms with Gasteiger partial charge in [0, 0.05) is 41.1 Å². The summed E-state index contributed by atoms with van der Waals surface area (Å²) in [5, 5.41) is 3.41. The molecule has 116 valence electrons. The van der Waals surface area contributed by atoms with E-state index in [1.54, 1.807) is 11.9 Å². The summed E-state index contributed by atoms with van der Waals surface area (Å²) in [5.41, 5.74) is 3.38. The first kappa shape index (κ1) is 15.2. The summed E-state index contributed by atoms with van der Waals surface area (Å²) in [4.78, 5) is 8.24. The van der Waals surface area contributed by atoms with Gasteiger partial charge in [0.15, 0.2) is 0 Å². The van der Waals surface area contributed by atoms with Crippen LogP contribution < -0.4 is 14.9 Å². The molecular formula is C17H22N4S. The molecule has 1 aliphatic rings. The van der Waals surface area contributed by atoms with Crippen LogP contribution >= 0.6 is 11.9 Å². The number of nitrogens with one attached hydrogen (secondary N) is 2. The number of hydrogen-bond acceptors (Lipinski definition) is 5. The summed E-state index contributed by atoms with van der Waals surface area (Å²) < 4.78 is 3.08. The molecule has 3 rings (SSSR count). The van der Waals surface area contributed by atoms with Crippen molar-refractivity contribution in [3.05, 3.63) is 42.1 Å². The van der Waals surface area contributed by atoms with E-state index in [0.29, 0.717) is 0 Å². The van der Waals surface area contributed by atoms with Gasteiger partial charge >= 0.3 is 0 Å². The minimum atomic E-state index is 0.913. The van der Waals surface area contributed by atoms with Gasteiger partial charge in [0.2, 0.25) is 0 Å². The first-order valence-corrected chi connectivity index (χ1v) is 8.50. The van der Waals surface area contributed by atoms with Gasteiger partial charge in [-0.3, -0.25) is 4.72 Å². The Bertz CT molecular complexity index is 621. The average Bonchev–Trinajstić information content (AvgIpc) is 3.03. The lowest BCUT2D eigenvalue weighted by atomic mass is 10.2. The Kier molecular flexibility index (Phi) is 4.85. The van der Waals surface area contributed by atoms with Gasteiger partial charge in [-0.1, -0.05) is 0 Å². The second-order valence-corrected chi connectivity index (χ2v) is 6.59. The fourth-order valence-corrected chi connectivity index (χ4v) is 3.25. The van der Waals surface area contributed by atoms with Crippen LogP contribution in [0.5, 0.6) is 0 Å². The summed E-state index contributed by atoms with van der Waals surface area (Å²) in [7, 11) is 1.92. The molecule has 0 saturated carbocycles. The zero-order valence-electron chi connectivity index (χ0n) is 13.1. The maximum absolute atomic E-state index is 4.60. The summed E-state index contributed by atoms with van der Waals surface area (Å²) in [5.74, 6) is 0.913. The van der Waals surface area contributed by atoms with Crippen LogP contribution in [-0.2, 0) is 0 Å². The Balaban J connectivity index is 1.76. The second-order valence-electron chi connectivity index (χ2n) is 5.50. The second kappa shape index (κ2) is 7.03. The van der Waals surface area contributed by atoms with Crippen LogP contribution in [0, 0.1) is 6.92 Å². The summed E-state index contributed by atoms with van der Waals surface area (Å²) in [6.45, 7) is 4.36. The molecule has 4 nitrogen and oxygen atoms in total. The fraction of sp³-hybridized carbons (Fsp3) is 0.353. The Hall–Kier alpha value is -1.72. The molecule has 22 heavy (non-hydrogen) atoms. The zero-order chi connectivity index (χ0) is 15.4. The minimum Gasteiger partial charge on any atom is -0.371 e. The Morgan fingerprint density at radius 2 is 1.82 bits per heavy atom. The van der Waals surface area contributed by atoms with Crippen LogP contribution in [0.15, 0.2) is 41.3 Å². The standard InChI is InChI=1S/C17H22N4S/c1-13-11-15(21-9-3-4-10-21)12-17(19-13)20-14-5-7-16(8-6-14)22-18-2/h5-8,11-12,18H,3-4,9-10H2,1-2H3,(H,19,20). The van der Waals surface area contributed by atoms with Crippen LogP contribution in [0.25, 0.3) is 0 Å². The average molecular weight is 314 g/mol. The fourth-order valence-electron chi connectivity index (χ4n) is 2.74. The van der Waals surface area contributed by atoms with E-state index in [2.05, 4.69) is 63.2 Å². The molecule has 2 heterocycles. The molecule has 0 aliphatic carbocycles. The molecule has 0 radical (unpaired) electrons. The molecule has 0 spiro atoms. The van der Waals surface area contributed by atoms with Gasteiger partial charge in [-0.25, -0.2) is 4.98 Å². The highest BCUT2D eigenvalue weighted by Gasteiger charge is 2.13. The number of aromatic nitrogens is 1. The van der Waals surface area contributed by atoms with Crippen molar-refractivity contribution < 1.29 is 0 Å². The van der Waals surface area contributed by atoms with Gasteiger partial charge in [0.25, 0.3) is 0 Å². The van der Waals surface area contributed by atoms with Crippen LogP contribution in [0.3, 0.4) is 0 Å². The van der Waals surface area contributed by atoms with Crippen molar-refractivity contribution in [2.45, 2.75) is 24.7 Å². The van der Waals surface area contributed by atoms with Crippen LogP contribution in [0.2, 0.25) is 0 Å². The van der Waals surface area contributed by atoms with Gasteiger partial charge in [-0.05, 0) is 69.1 Å². The number of aryl methyl sites for hydroxylation is 1. The molecule has 1 saturated heterocycles. The number of hydrogen-bond donors (Lipinski definition) is 2. The van der Waals surface area contributed by atoms with Crippen molar-refractivity contribution in [2.24, 2.45) is 0 Å². The lowest BCUT2D eigenvalue weighted by Crippen LogP contribution is -2.18. The Morgan fingerprint density at radius 3 is 2.50 bits per heavy atom. The molecule has 5 heteroatoms. The lowest BCUT2D eigenvalue weighted by Gasteiger charge is -2.19. The van der Waals surface area contributed by atoms with E-state index in [1.807, 2.05) is 7.05 Å². The molecule has 1 fully saturated rings. The number of anilines is 3. The lowest BCUT2D eigenvalue weighted by molar-refractivity contribution is 0.949. The van der Waals surface area contributed by atoms with Crippen molar-refractivity contribution in [3.8, 4) is 0 Å². The van der Waals surface area contributed by atoms with E-state index in [1.165, 1.54) is 23.4 Å². The topological polar surface area (TPSA) is 40.2 Å². The van der Waals surface area contributed by atoms with Gasteiger partial charge in [-0.2, -0.15) is 0 Å². The predicted molar refractivity (Wildman–Crippen MR) is 95.1 cm³/mol. The van der Waals surface area contributed by atoms with E-state index < -0.39 is 0 Å². The molecule has 1 aliphatic heterocycles. The van der Waals surface area contributed by atoms with E-state index in [-0.39, 0.29) is 0 Å². The van der Waals surface area contributed by atoms with E-state index in [4.69, 9.17) is 0 Å². The molecular weight excluding hydrogens is 292 g/mol. The molecule has 1 aromatic heterocycles. The van der Waals surface area contributed by atoms with Crippen LogP contribution in [-0.4, -0.2) is 25.1 Å². The molecule has 2 N–H and O–H groups in total. The molecule has 0 bridgehead atoms. The van der Waals surface area contributed by atoms with Gasteiger partial charge in [0.1, 0.15) is 5.82 Å². The van der Waals surface area contributed by atoms with Crippen molar-refractivity contribution >= 4 is 29.1 Å². The third kappa shape index (κ3) is 3.72. The Labute approximate surface area is 136 Å². The number of pyridine rings is 1. The molecule has 2 aromatic rings. The maximum atomic E-state index is 4.60. The van der Waals surface area contributed by atoms with Crippen molar-refractivity contribution in [1.29, 1.82) is 0 Å². The first-order valence-electron chi connectivity index (χ1n) is 7.69. The van der Waals surface area contributed by atoms with Crippen molar-refractivity contribution in [1.82, 2.24) is 9.71 Å². The third-order valence-corrected chi connectivity index (χ3v) is 4.47. The van der Waals surface area contributed by atoms with Gasteiger partial charge < -0.3 is 10.2 Å². The normalized spacial score (nSPS) is 14.4. The maximum Gasteiger partial charge on any atom is 0.132 e. The monoisotopic (exact) mass is 314 g/mol. The van der Waals surface area contributed by atoms with Gasteiger partial charge in [-0.15, -0.1) is 0 Å². The summed E-state index contributed by atoms with van der Waals surface area (Å²) in [6, 6.07) is 12.7. The highest BCUT2D eigenvalue weighted by molar-refractivity contribution is 7.97. The molecule has 0 unspecified atom stereocenters. The smallest absolute Gasteiger partial charge is 0.132 e. The Morgan fingerprint density at radius 1 is 1.09 bits per heavy atom. The highest BCUT2D eigenvalue weighted by Crippen LogP contribution is 2.26. The van der Waals surface area contributed by atoms with Crippen molar-refractivity contribution in [3.63, 3.8) is 0 Å². The summed E-state index contributed by atoms with van der Waals surface area (Å²) >= 11 is 1.61.